The van der Waals surface area contributed by atoms with Crippen molar-refractivity contribution in [1.82, 2.24) is 10.2 Å². The molecular weight excluding hydrogens is 257 g/mol. The van der Waals surface area contributed by atoms with E-state index in [0.29, 0.717) is 0 Å². The fraction of sp³-hybridized carbons (Fsp3) is 0.273. The Hall–Kier alpha value is -1.14. The largest absolute Gasteiger partial charge is 0.360 e. The molecule has 0 bridgehead atoms. The van der Waals surface area contributed by atoms with E-state index in [9.17, 15) is 4.39 Å². The molecule has 0 amide bonds. The van der Waals surface area contributed by atoms with Crippen molar-refractivity contribution < 1.29 is 4.39 Å². The van der Waals surface area contributed by atoms with Crippen LogP contribution in [0.1, 0.15) is 11.9 Å². The fourth-order valence-electron chi connectivity index (χ4n) is 1.21. The number of thioether (sulfide) groups is 1. The number of hydrogen-bond donors (Lipinski definition) is 1. The third-order valence-electron chi connectivity index (χ3n) is 1.97. The van der Waals surface area contributed by atoms with Crippen molar-refractivity contribution in [3.8, 4) is 0 Å². The molecule has 2 rings (SSSR count). The number of halogens is 1. The summed E-state index contributed by atoms with van der Waals surface area (Å²) in [5.41, 5.74) is 0. The van der Waals surface area contributed by atoms with Crippen LogP contribution in [-0.2, 0) is 5.75 Å². The highest BCUT2D eigenvalue weighted by Gasteiger charge is 2.04. The zero-order valence-electron chi connectivity index (χ0n) is 9.31. The van der Waals surface area contributed by atoms with Crippen LogP contribution >= 0.6 is 23.1 Å². The van der Waals surface area contributed by atoms with E-state index in [4.69, 9.17) is 0 Å². The van der Waals surface area contributed by atoms with Gasteiger partial charge in [-0.1, -0.05) is 11.3 Å². The minimum absolute atomic E-state index is 0.209. The summed E-state index contributed by atoms with van der Waals surface area (Å²) in [6, 6.07) is 6.47. The average molecular weight is 269 g/mol. The van der Waals surface area contributed by atoms with Gasteiger partial charge in [0, 0.05) is 11.4 Å². The molecule has 0 saturated heterocycles. The number of nitrogens with one attached hydrogen (secondary N) is 1. The van der Waals surface area contributed by atoms with Crippen LogP contribution in [0, 0.1) is 5.82 Å². The summed E-state index contributed by atoms with van der Waals surface area (Å²) in [6.07, 6.45) is 0. The fourth-order valence-corrected chi connectivity index (χ4v) is 2.90. The Morgan fingerprint density at radius 2 is 2.06 bits per heavy atom. The SMILES string of the molecule is CCNc1nnc(CSc2ccc(F)cc2)s1. The van der Waals surface area contributed by atoms with Crippen molar-refractivity contribution in [2.45, 2.75) is 17.6 Å². The van der Waals surface area contributed by atoms with Crippen LogP contribution in [0.3, 0.4) is 0 Å². The highest BCUT2D eigenvalue weighted by molar-refractivity contribution is 7.98. The zero-order chi connectivity index (χ0) is 12.1. The van der Waals surface area contributed by atoms with Gasteiger partial charge in [0.1, 0.15) is 10.8 Å². The summed E-state index contributed by atoms with van der Waals surface area (Å²) < 4.78 is 12.7. The Morgan fingerprint density at radius 3 is 2.76 bits per heavy atom. The second-order valence-corrected chi connectivity index (χ2v) is 5.38. The van der Waals surface area contributed by atoms with Gasteiger partial charge in [-0.2, -0.15) is 0 Å². The molecule has 1 aromatic heterocycles. The number of anilines is 1. The molecule has 2 aromatic rings. The van der Waals surface area contributed by atoms with Gasteiger partial charge in [-0.15, -0.1) is 22.0 Å². The molecule has 90 valence electrons. The first kappa shape index (κ1) is 12.3. The lowest BCUT2D eigenvalue weighted by atomic mass is 10.4. The van der Waals surface area contributed by atoms with E-state index in [1.807, 2.05) is 6.92 Å². The first-order valence-electron chi connectivity index (χ1n) is 5.22. The maximum absolute atomic E-state index is 12.7. The number of benzene rings is 1. The van der Waals surface area contributed by atoms with Crippen molar-refractivity contribution >= 4 is 28.2 Å². The van der Waals surface area contributed by atoms with E-state index in [-0.39, 0.29) is 5.82 Å². The highest BCUT2D eigenvalue weighted by atomic mass is 32.2. The lowest BCUT2D eigenvalue weighted by molar-refractivity contribution is 0.626. The third-order valence-corrected chi connectivity index (χ3v) is 4.06. The maximum Gasteiger partial charge on any atom is 0.205 e. The van der Waals surface area contributed by atoms with Gasteiger partial charge in [-0.3, -0.25) is 0 Å². The molecule has 0 aliphatic heterocycles. The monoisotopic (exact) mass is 269 g/mol. The quantitative estimate of drug-likeness (QED) is 0.844. The first-order valence-corrected chi connectivity index (χ1v) is 7.02. The van der Waals surface area contributed by atoms with Crippen molar-refractivity contribution in [3.63, 3.8) is 0 Å². The van der Waals surface area contributed by atoms with Crippen molar-refractivity contribution in [2.75, 3.05) is 11.9 Å². The second-order valence-electron chi connectivity index (χ2n) is 3.27. The van der Waals surface area contributed by atoms with Crippen molar-refractivity contribution in [2.24, 2.45) is 0 Å². The Kier molecular flexibility index (Phi) is 4.33. The van der Waals surface area contributed by atoms with E-state index in [1.54, 1.807) is 35.2 Å². The predicted molar refractivity (Wildman–Crippen MR) is 70.0 cm³/mol. The molecule has 0 saturated carbocycles. The summed E-state index contributed by atoms with van der Waals surface area (Å²) in [5, 5.41) is 13.0. The van der Waals surface area contributed by atoms with Crippen LogP contribution in [0.2, 0.25) is 0 Å². The van der Waals surface area contributed by atoms with Crippen molar-refractivity contribution in [1.29, 1.82) is 0 Å². The summed E-state index contributed by atoms with van der Waals surface area (Å²) in [6.45, 7) is 2.87. The van der Waals surface area contributed by atoms with E-state index in [1.165, 1.54) is 12.1 Å². The van der Waals surface area contributed by atoms with Crippen LogP contribution in [0.5, 0.6) is 0 Å². The van der Waals surface area contributed by atoms with Crippen LogP contribution in [-0.4, -0.2) is 16.7 Å². The molecule has 0 spiro atoms. The molecule has 0 atom stereocenters. The average Bonchev–Trinajstić information content (AvgIpc) is 2.77. The van der Waals surface area contributed by atoms with Gasteiger partial charge in [0.25, 0.3) is 0 Å². The van der Waals surface area contributed by atoms with Gasteiger partial charge in [0.2, 0.25) is 5.13 Å². The summed E-state index contributed by atoms with van der Waals surface area (Å²) >= 11 is 3.18. The standard InChI is InChI=1S/C11H12FN3S2/c1-2-13-11-15-14-10(17-11)7-16-9-5-3-8(12)4-6-9/h3-6H,2,7H2,1H3,(H,13,15). The van der Waals surface area contributed by atoms with Crippen LogP contribution in [0.4, 0.5) is 9.52 Å². The molecule has 0 unspecified atom stereocenters. The Balaban J connectivity index is 1.90. The lowest BCUT2D eigenvalue weighted by Crippen LogP contribution is -1.94. The van der Waals surface area contributed by atoms with Gasteiger partial charge in [0.15, 0.2) is 0 Å². The number of hydrogen-bond acceptors (Lipinski definition) is 5. The Labute approximate surface area is 107 Å². The predicted octanol–water partition coefficient (Wildman–Crippen LogP) is 3.40. The molecule has 1 N–H and O–H groups in total. The Bertz CT molecular complexity index is 470. The molecule has 1 heterocycles. The molecule has 0 radical (unpaired) electrons. The molecule has 0 fully saturated rings. The summed E-state index contributed by atoms with van der Waals surface area (Å²) in [7, 11) is 0. The number of rotatable bonds is 5. The highest BCUT2D eigenvalue weighted by Crippen LogP contribution is 2.25. The second kappa shape index (κ2) is 5.97. The molecule has 1 aromatic carbocycles. The van der Waals surface area contributed by atoms with E-state index < -0.39 is 0 Å². The topological polar surface area (TPSA) is 37.8 Å². The summed E-state index contributed by atoms with van der Waals surface area (Å²) in [5.74, 6) is 0.550. The summed E-state index contributed by atoms with van der Waals surface area (Å²) in [4.78, 5) is 1.03. The maximum atomic E-state index is 12.7. The van der Waals surface area contributed by atoms with Gasteiger partial charge in [-0.05, 0) is 31.2 Å². The van der Waals surface area contributed by atoms with Gasteiger partial charge in [0.05, 0.1) is 5.75 Å². The van der Waals surface area contributed by atoms with E-state index >= 15 is 0 Å². The molecule has 17 heavy (non-hydrogen) atoms. The molecule has 3 nitrogen and oxygen atoms in total. The van der Waals surface area contributed by atoms with Crippen LogP contribution in [0.25, 0.3) is 0 Å². The third kappa shape index (κ3) is 3.67. The van der Waals surface area contributed by atoms with E-state index in [2.05, 4.69) is 15.5 Å². The Morgan fingerprint density at radius 1 is 1.29 bits per heavy atom. The minimum Gasteiger partial charge on any atom is -0.360 e. The lowest BCUT2D eigenvalue weighted by Gasteiger charge is -1.97. The smallest absolute Gasteiger partial charge is 0.205 e. The molecule has 0 aliphatic carbocycles. The van der Waals surface area contributed by atoms with Crippen molar-refractivity contribution in [3.05, 3.63) is 35.1 Å². The van der Waals surface area contributed by atoms with Gasteiger partial charge >= 0.3 is 0 Å². The zero-order valence-corrected chi connectivity index (χ0v) is 10.9. The molecular formula is C11H12FN3S2. The number of aromatic nitrogens is 2. The minimum atomic E-state index is -0.209. The molecule has 6 heteroatoms. The molecule has 0 aliphatic rings. The normalized spacial score (nSPS) is 10.5. The number of nitrogens with zero attached hydrogens (tertiary/aromatic N) is 2. The van der Waals surface area contributed by atoms with Crippen LogP contribution < -0.4 is 5.32 Å². The van der Waals surface area contributed by atoms with E-state index in [0.717, 1.165) is 27.3 Å². The first-order chi connectivity index (χ1) is 8.28. The van der Waals surface area contributed by atoms with Crippen LogP contribution in [0.15, 0.2) is 29.2 Å². The van der Waals surface area contributed by atoms with Gasteiger partial charge in [-0.25, -0.2) is 4.39 Å². The van der Waals surface area contributed by atoms with Gasteiger partial charge < -0.3 is 5.32 Å².